The van der Waals surface area contributed by atoms with Crippen LogP contribution in [0.25, 0.3) is 5.70 Å². The summed E-state index contributed by atoms with van der Waals surface area (Å²) in [7, 11) is 0. The number of benzene rings is 1. The van der Waals surface area contributed by atoms with Crippen molar-refractivity contribution in [1.29, 1.82) is 0 Å². The topological polar surface area (TPSA) is 113 Å². The molecule has 0 saturated heterocycles. The van der Waals surface area contributed by atoms with Gasteiger partial charge < -0.3 is 4.42 Å². The highest BCUT2D eigenvalue weighted by molar-refractivity contribution is 8.13. The maximum atomic E-state index is 13.0. The van der Waals surface area contributed by atoms with Crippen LogP contribution in [0.4, 0.5) is 5.88 Å². The van der Waals surface area contributed by atoms with Crippen molar-refractivity contribution in [2.24, 2.45) is 10.1 Å². The lowest BCUT2D eigenvalue weighted by Crippen LogP contribution is -2.50. The Kier molecular flexibility index (Phi) is 5.84. The summed E-state index contributed by atoms with van der Waals surface area (Å²) in [5.74, 6) is 0.429. The molecule has 3 heterocycles. The van der Waals surface area contributed by atoms with Crippen molar-refractivity contribution in [3.63, 3.8) is 0 Å². The maximum Gasteiger partial charge on any atom is 0.433 e. The number of fused-ring (bicyclic) bond motifs is 2. The number of unbranched alkanes of at least 4 members (excludes halogenated alkanes) is 3. The zero-order chi connectivity index (χ0) is 21.1. The van der Waals surface area contributed by atoms with Crippen LogP contribution in [0.5, 0.6) is 0 Å². The van der Waals surface area contributed by atoms with Gasteiger partial charge in [-0.05, 0) is 18.6 Å². The average Bonchev–Trinajstić information content (AvgIpc) is 3.23. The van der Waals surface area contributed by atoms with E-state index in [1.807, 2.05) is 12.1 Å². The fraction of sp³-hybridized carbons (Fsp3) is 0.350. The van der Waals surface area contributed by atoms with Crippen LogP contribution in [-0.2, 0) is 4.79 Å². The number of nitrogens with zero attached hydrogens (tertiary/aromatic N) is 4. The minimum atomic E-state index is -0.801. The highest BCUT2D eigenvalue weighted by atomic mass is 32.2. The fourth-order valence-corrected chi connectivity index (χ4v) is 4.21. The van der Waals surface area contributed by atoms with Crippen LogP contribution in [0.3, 0.4) is 0 Å². The zero-order valence-electron chi connectivity index (χ0n) is 16.4. The number of hydrogen-bond donors (Lipinski definition) is 1. The summed E-state index contributed by atoms with van der Waals surface area (Å²) in [6, 6.07) is 10.0. The third-order valence-corrected chi connectivity index (χ3v) is 5.75. The number of thioether (sulfide) groups is 1. The Balaban J connectivity index is 1.70. The molecule has 0 saturated carbocycles. The maximum absolute atomic E-state index is 13.0. The molecule has 9 nitrogen and oxygen atoms in total. The monoisotopic (exact) mass is 427 g/mol. The fourth-order valence-electron chi connectivity index (χ4n) is 3.35. The van der Waals surface area contributed by atoms with Crippen molar-refractivity contribution in [3.8, 4) is 0 Å². The average molecular weight is 427 g/mol. The van der Waals surface area contributed by atoms with Gasteiger partial charge in [0.1, 0.15) is 10.6 Å². The number of rotatable bonds is 7. The van der Waals surface area contributed by atoms with Crippen LogP contribution in [0.2, 0.25) is 0 Å². The van der Waals surface area contributed by atoms with E-state index in [1.165, 1.54) is 35.3 Å². The van der Waals surface area contributed by atoms with Crippen LogP contribution < -0.4 is 15.9 Å². The molecule has 1 N–H and O–H groups in total. The van der Waals surface area contributed by atoms with Crippen LogP contribution >= 0.6 is 11.8 Å². The molecular formula is C20H21N5O4S. The lowest BCUT2D eigenvalue weighted by atomic mass is 10.1. The number of amides is 1. The Morgan fingerprint density at radius 2 is 2.07 bits per heavy atom. The molecule has 30 heavy (non-hydrogen) atoms. The summed E-state index contributed by atoms with van der Waals surface area (Å²) in [4.78, 5) is 28.1. The third kappa shape index (κ3) is 3.95. The summed E-state index contributed by atoms with van der Waals surface area (Å²) in [6.07, 6.45) is 3.70. The molecule has 2 aliphatic heterocycles. The van der Waals surface area contributed by atoms with Gasteiger partial charge >= 0.3 is 5.88 Å². The van der Waals surface area contributed by atoms with E-state index in [0.717, 1.165) is 25.0 Å². The number of carbonyl (C=O) groups excluding carboxylic acids is 1. The van der Waals surface area contributed by atoms with Gasteiger partial charge in [0.25, 0.3) is 5.91 Å². The van der Waals surface area contributed by atoms with E-state index in [9.17, 15) is 14.9 Å². The van der Waals surface area contributed by atoms with Crippen LogP contribution in [0.1, 0.15) is 44.5 Å². The second-order valence-corrected chi connectivity index (χ2v) is 8.00. The van der Waals surface area contributed by atoms with Crippen molar-refractivity contribution in [1.82, 2.24) is 10.3 Å². The van der Waals surface area contributed by atoms with Gasteiger partial charge in [0.15, 0.2) is 10.9 Å². The first-order valence-electron chi connectivity index (χ1n) is 9.81. The quantitative estimate of drug-likeness (QED) is 0.413. The number of para-hydroxylation sites is 1. The predicted molar refractivity (Wildman–Crippen MR) is 113 cm³/mol. The van der Waals surface area contributed by atoms with E-state index in [1.54, 1.807) is 12.1 Å². The number of hydrogen-bond acceptors (Lipinski definition) is 8. The summed E-state index contributed by atoms with van der Waals surface area (Å²) >= 11 is 1.48. The Bertz CT molecular complexity index is 1130. The molecule has 2 aromatic rings. The van der Waals surface area contributed by atoms with Crippen molar-refractivity contribution in [2.45, 2.75) is 38.8 Å². The second kappa shape index (κ2) is 8.70. The van der Waals surface area contributed by atoms with Gasteiger partial charge in [0.05, 0.1) is 11.4 Å². The molecule has 4 rings (SSSR count). The Morgan fingerprint density at radius 1 is 1.23 bits per heavy atom. The first kappa shape index (κ1) is 20.1. The van der Waals surface area contributed by atoms with Gasteiger partial charge in [-0.1, -0.05) is 56.1 Å². The van der Waals surface area contributed by atoms with E-state index in [-0.39, 0.29) is 17.6 Å². The lowest BCUT2D eigenvalue weighted by Gasteiger charge is -2.32. The first-order valence-corrected chi connectivity index (χ1v) is 10.8. The standard InChI is InChI=1S/C20H21N5O4S/c1-2-3-4-7-12-30-20-22-19(26)17-13-8-5-6-9-14(13)21-18(24(17)23-20)15-10-11-16(29-15)25(27)28/h5-6,8-11,18H,2-4,7,12H2,1H3,(H,22,23,26)/t18-/m0/s1. The van der Waals surface area contributed by atoms with E-state index >= 15 is 0 Å². The Labute approximate surface area is 176 Å². The SMILES string of the molecule is CCCCCCSC1=NN2C(=c3ccccc3=N[C@@H]2c2ccc([N+](=O)[O-])o2)C(=O)N1. The summed E-state index contributed by atoms with van der Waals surface area (Å²) in [5.41, 5.74) is 0.347. The van der Waals surface area contributed by atoms with Gasteiger partial charge in [0.2, 0.25) is 6.17 Å². The second-order valence-electron chi connectivity index (χ2n) is 6.91. The third-order valence-electron chi connectivity index (χ3n) is 4.80. The minimum absolute atomic E-state index is 0.249. The Morgan fingerprint density at radius 3 is 2.83 bits per heavy atom. The van der Waals surface area contributed by atoms with Crippen LogP contribution in [0.15, 0.2) is 50.9 Å². The molecule has 10 heteroatoms. The normalized spacial score (nSPS) is 17.6. The molecule has 1 aromatic carbocycles. The number of nitrogens with one attached hydrogen (secondary N) is 1. The van der Waals surface area contributed by atoms with Crippen molar-refractivity contribution >= 4 is 34.4 Å². The van der Waals surface area contributed by atoms with Crippen LogP contribution in [-0.4, -0.2) is 26.8 Å². The zero-order valence-corrected chi connectivity index (χ0v) is 17.2. The molecule has 0 spiro atoms. The summed E-state index contributed by atoms with van der Waals surface area (Å²) < 4.78 is 5.39. The smallest absolute Gasteiger partial charge is 0.401 e. The highest BCUT2D eigenvalue weighted by Gasteiger charge is 2.36. The number of carbonyl (C=O) groups is 1. The lowest BCUT2D eigenvalue weighted by molar-refractivity contribution is -0.402. The molecular weight excluding hydrogens is 406 g/mol. The molecule has 1 amide bonds. The first-order chi connectivity index (χ1) is 14.6. The van der Waals surface area contributed by atoms with Crippen molar-refractivity contribution in [3.05, 3.63) is 62.8 Å². The molecule has 0 unspecified atom stereocenters. The van der Waals surface area contributed by atoms with Crippen molar-refractivity contribution in [2.75, 3.05) is 5.75 Å². The van der Waals surface area contributed by atoms with E-state index < -0.39 is 11.1 Å². The van der Waals surface area contributed by atoms with Crippen molar-refractivity contribution < 1.29 is 14.1 Å². The highest BCUT2D eigenvalue weighted by Crippen LogP contribution is 2.33. The van der Waals surface area contributed by atoms with Gasteiger partial charge in [-0.15, -0.1) is 5.10 Å². The number of amidine groups is 1. The molecule has 156 valence electrons. The van der Waals surface area contributed by atoms with E-state index in [0.29, 0.717) is 21.4 Å². The summed E-state index contributed by atoms with van der Waals surface area (Å²) in [5, 5.41) is 21.7. The molecule has 0 aliphatic carbocycles. The number of furan rings is 1. The summed E-state index contributed by atoms with van der Waals surface area (Å²) in [6.45, 7) is 2.16. The molecule has 0 bridgehead atoms. The molecule has 1 atom stereocenters. The van der Waals surface area contributed by atoms with Gasteiger partial charge in [0, 0.05) is 11.0 Å². The van der Waals surface area contributed by atoms with E-state index in [2.05, 4.69) is 22.3 Å². The molecule has 1 aromatic heterocycles. The van der Waals surface area contributed by atoms with Crippen LogP contribution in [0, 0.1) is 10.1 Å². The number of hydrazone groups is 1. The molecule has 0 fully saturated rings. The molecule has 0 radical (unpaired) electrons. The van der Waals surface area contributed by atoms with E-state index in [4.69, 9.17) is 4.42 Å². The molecule has 2 aliphatic rings. The van der Waals surface area contributed by atoms with Gasteiger partial charge in [-0.3, -0.25) is 20.2 Å². The minimum Gasteiger partial charge on any atom is -0.401 e. The Hall–Kier alpha value is -3.14. The van der Waals surface area contributed by atoms with Gasteiger partial charge in [-0.25, -0.2) is 10.0 Å². The number of nitro groups is 1. The largest absolute Gasteiger partial charge is 0.433 e. The van der Waals surface area contributed by atoms with Gasteiger partial charge in [-0.2, -0.15) is 0 Å². The predicted octanol–water partition coefficient (Wildman–Crippen LogP) is 2.64.